The summed E-state index contributed by atoms with van der Waals surface area (Å²) in [4.78, 5) is 30.4. The van der Waals surface area contributed by atoms with Gasteiger partial charge >= 0.3 is 0 Å². The van der Waals surface area contributed by atoms with E-state index in [-0.39, 0.29) is 11.7 Å². The molecule has 0 saturated carbocycles. The van der Waals surface area contributed by atoms with Crippen molar-refractivity contribution >= 4 is 39.8 Å². The molecule has 4 nitrogen and oxygen atoms in total. The summed E-state index contributed by atoms with van der Waals surface area (Å²) in [5, 5.41) is 3.69. The van der Waals surface area contributed by atoms with E-state index in [1.165, 1.54) is 4.88 Å². The first-order valence-corrected chi connectivity index (χ1v) is 10.3. The number of hydrogen-bond donors (Lipinski definition) is 1. The maximum Gasteiger partial charge on any atom is 0.225 e. The molecule has 0 radical (unpaired) electrons. The number of thiophene rings is 1. The smallest absolute Gasteiger partial charge is 0.225 e. The Labute approximate surface area is 150 Å². The maximum absolute atomic E-state index is 12.9. The van der Waals surface area contributed by atoms with Gasteiger partial charge in [-0.1, -0.05) is 0 Å². The first kappa shape index (κ1) is 17.2. The second-order valence-electron chi connectivity index (χ2n) is 5.78. The first-order valence-electron chi connectivity index (χ1n) is 8.08. The van der Waals surface area contributed by atoms with E-state index >= 15 is 0 Å². The molecule has 6 heteroatoms. The second-order valence-corrected chi connectivity index (χ2v) is 7.87. The Balaban J connectivity index is 1.85. The van der Waals surface area contributed by atoms with Gasteiger partial charge in [-0.2, -0.15) is 11.8 Å². The molecular formula is C18H20N2O2S2. The summed E-state index contributed by atoms with van der Waals surface area (Å²) in [6, 6.07) is 3.54. The number of pyridine rings is 1. The molecule has 0 aliphatic heterocycles. The fourth-order valence-corrected chi connectivity index (χ4v) is 4.68. The average Bonchev–Trinajstić information content (AvgIpc) is 3.16. The van der Waals surface area contributed by atoms with E-state index in [2.05, 4.69) is 10.3 Å². The van der Waals surface area contributed by atoms with Crippen molar-refractivity contribution in [1.82, 2.24) is 4.98 Å². The number of anilines is 1. The molecule has 1 aliphatic carbocycles. The topological polar surface area (TPSA) is 59.1 Å². The van der Waals surface area contributed by atoms with Crippen LogP contribution >= 0.6 is 23.1 Å². The van der Waals surface area contributed by atoms with Gasteiger partial charge in [-0.3, -0.25) is 14.6 Å². The van der Waals surface area contributed by atoms with Gasteiger partial charge in [-0.15, -0.1) is 11.3 Å². The van der Waals surface area contributed by atoms with Crippen LogP contribution in [0.5, 0.6) is 0 Å². The molecule has 24 heavy (non-hydrogen) atoms. The minimum absolute atomic E-state index is 0.00999. The van der Waals surface area contributed by atoms with Crippen LogP contribution in [0.2, 0.25) is 0 Å². The van der Waals surface area contributed by atoms with Crippen molar-refractivity contribution in [1.29, 1.82) is 0 Å². The summed E-state index contributed by atoms with van der Waals surface area (Å²) in [5.74, 6) is 0.918. The molecule has 126 valence electrons. The van der Waals surface area contributed by atoms with Gasteiger partial charge < -0.3 is 5.32 Å². The van der Waals surface area contributed by atoms with E-state index in [1.807, 2.05) is 6.26 Å². The highest BCUT2D eigenvalue weighted by Gasteiger charge is 2.28. The minimum atomic E-state index is -0.0399. The van der Waals surface area contributed by atoms with Gasteiger partial charge in [0.15, 0.2) is 5.78 Å². The van der Waals surface area contributed by atoms with Gasteiger partial charge in [0.1, 0.15) is 5.00 Å². The summed E-state index contributed by atoms with van der Waals surface area (Å²) < 4.78 is 0. The van der Waals surface area contributed by atoms with E-state index < -0.39 is 0 Å². The zero-order valence-electron chi connectivity index (χ0n) is 13.6. The molecular weight excluding hydrogens is 340 g/mol. The van der Waals surface area contributed by atoms with Crippen molar-refractivity contribution in [2.75, 3.05) is 17.3 Å². The van der Waals surface area contributed by atoms with Gasteiger partial charge in [0.05, 0.1) is 5.56 Å². The Morgan fingerprint density at radius 3 is 3.00 bits per heavy atom. The number of aromatic nitrogens is 1. The molecule has 0 aromatic carbocycles. The van der Waals surface area contributed by atoms with Crippen LogP contribution in [0.1, 0.15) is 45.6 Å². The first-order chi connectivity index (χ1) is 11.7. The van der Waals surface area contributed by atoms with Crippen LogP contribution < -0.4 is 5.32 Å². The summed E-state index contributed by atoms with van der Waals surface area (Å²) in [7, 11) is 0. The van der Waals surface area contributed by atoms with E-state index in [1.54, 1.807) is 47.6 Å². The lowest BCUT2D eigenvalue weighted by Crippen LogP contribution is -2.14. The zero-order chi connectivity index (χ0) is 16.9. The molecule has 1 N–H and O–H groups in total. The molecule has 0 unspecified atom stereocenters. The number of nitrogens with zero attached hydrogens (tertiary/aromatic N) is 1. The van der Waals surface area contributed by atoms with Gasteiger partial charge in [-0.05, 0) is 55.4 Å². The van der Waals surface area contributed by atoms with E-state index in [9.17, 15) is 9.59 Å². The lowest BCUT2D eigenvalue weighted by atomic mass is 10.0. The molecule has 1 amide bonds. The summed E-state index contributed by atoms with van der Waals surface area (Å²) in [6.07, 6.45) is 9.61. The predicted octanol–water partition coefficient (Wildman–Crippen LogP) is 3.94. The maximum atomic E-state index is 12.9. The largest absolute Gasteiger partial charge is 0.317 e. The van der Waals surface area contributed by atoms with Crippen molar-refractivity contribution < 1.29 is 9.59 Å². The number of nitrogens with one attached hydrogen (secondary N) is 1. The Kier molecular flexibility index (Phi) is 5.68. The van der Waals surface area contributed by atoms with Crippen LogP contribution in [0.15, 0.2) is 24.5 Å². The molecule has 3 rings (SSSR count). The lowest BCUT2D eigenvalue weighted by Gasteiger charge is -2.08. The monoisotopic (exact) mass is 360 g/mol. The third kappa shape index (κ3) is 3.70. The molecule has 2 heterocycles. The number of rotatable bonds is 7. The molecule has 0 spiro atoms. The summed E-state index contributed by atoms with van der Waals surface area (Å²) in [5.41, 5.74) is 2.37. The average molecular weight is 361 g/mol. The van der Waals surface area contributed by atoms with Crippen LogP contribution in [0.3, 0.4) is 0 Å². The predicted molar refractivity (Wildman–Crippen MR) is 100 cm³/mol. The van der Waals surface area contributed by atoms with Crippen LogP contribution in [0.25, 0.3) is 0 Å². The fraction of sp³-hybridized carbons (Fsp3) is 0.389. The molecule has 2 aromatic rings. The molecule has 2 aromatic heterocycles. The number of ketones is 1. The Bertz CT molecular complexity index is 741. The van der Waals surface area contributed by atoms with Gasteiger partial charge in [0.2, 0.25) is 5.91 Å². The lowest BCUT2D eigenvalue weighted by molar-refractivity contribution is -0.116. The molecule has 0 bridgehead atoms. The second kappa shape index (κ2) is 7.94. The Hall–Kier alpha value is -1.66. The molecule has 0 saturated heterocycles. The SMILES string of the molecule is CSCCCC(=O)Nc1sc2c(c1C(=O)c1cccnc1)CCC2. The van der Waals surface area contributed by atoms with Gasteiger partial charge in [0.25, 0.3) is 0 Å². The molecule has 1 aliphatic rings. The number of fused-ring (bicyclic) bond motifs is 1. The molecule has 0 fully saturated rings. The standard InChI is InChI=1S/C18H20N2O2S2/c1-23-10-4-8-15(21)20-18-16(13-6-2-7-14(13)24-18)17(22)12-5-3-9-19-11-12/h3,5,9,11H,2,4,6-8,10H2,1H3,(H,20,21). The number of carbonyl (C=O) groups is 2. The van der Waals surface area contributed by atoms with Crippen LogP contribution in [0.4, 0.5) is 5.00 Å². The number of carbonyl (C=O) groups excluding carboxylic acids is 2. The van der Waals surface area contributed by atoms with Gasteiger partial charge in [-0.25, -0.2) is 0 Å². The van der Waals surface area contributed by atoms with Crippen molar-refractivity contribution in [3.63, 3.8) is 0 Å². The summed E-state index contributed by atoms with van der Waals surface area (Å²) >= 11 is 3.30. The van der Waals surface area contributed by atoms with E-state index in [0.29, 0.717) is 22.5 Å². The normalized spacial score (nSPS) is 12.9. The van der Waals surface area contributed by atoms with Crippen LogP contribution in [-0.2, 0) is 17.6 Å². The Morgan fingerprint density at radius 2 is 2.25 bits per heavy atom. The highest BCUT2D eigenvalue weighted by atomic mass is 32.2. The number of thioether (sulfide) groups is 1. The number of amides is 1. The minimum Gasteiger partial charge on any atom is -0.317 e. The summed E-state index contributed by atoms with van der Waals surface area (Å²) in [6.45, 7) is 0. The van der Waals surface area contributed by atoms with E-state index in [4.69, 9.17) is 0 Å². The quantitative estimate of drug-likeness (QED) is 0.600. The van der Waals surface area contributed by atoms with Crippen molar-refractivity contribution in [3.05, 3.63) is 46.1 Å². The van der Waals surface area contributed by atoms with E-state index in [0.717, 1.165) is 37.0 Å². The van der Waals surface area contributed by atoms with Crippen molar-refractivity contribution in [2.45, 2.75) is 32.1 Å². The van der Waals surface area contributed by atoms with Crippen LogP contribution in [-0.4, -0.2) is 28.7 Å². The molecule has 0 atom stereocenters. The Morgan fingerprint density at radius 1 is 1.38 bits per heavy atom. The van der Waals surface area contributed by atoms with Crippen molar-refractivity contribution in [2.24, 2.45) is 0 Å². The fourth-order valence-electron chi connectivity index (χ4n) is 2.94. The van der Waals surface area contributed by atoms with Gasteiger partial charge in [0, 0.05) is 29.3 Å². The highest BCUT2D eigenvalue weighted by Crippen LogP contribution is 2.40. The number of aryl methyl sites for hydroxylation is 1. The third-order valence-corrected chi connectivity index (χ3v) is 5.98. The van der Waals surface area contributed by atoms with Crippen molar-refractivity contribution in [3.8, 4) is 0 Å². The number of hydrogen-bond acceptors (Lipinski definition) is 5. The third-order valence-electron chi connectivity index (χ3n) is 4.08. The van der Waals surface area contributed by atoms with Crippen LogP contribution in [0, 0.1) is 0 Å². The highest BCUT2D eigenvalue weighted by molar-refractivity contribution is 7.98. The zero-order valence-corrected chi connectivity index (χ0v) is 15.3.